The minimum atomic E-state index is -0.842. The Kier molecular flexibility index (Phi) is 7.85. The van der Waals surface area contributed by atoms with Crippen LogP contribution >= 0.6 is 0 Å². The Hall–Kier alpha value is -3.56. The lowest BCUT2D eigenvalue weighted by molar-refractivity contribution is 0.0473. The predicted octanol–water partition coefficient (Wildman–Crippen LogP) is 1.62. The number of aromatic nitrogens is 2. The first kappa shape index (κ1) is 24.7. The normalized spacial score (nSPS) is 11.0. The van der Waals surface area contributed by atoms with Crippen LogP contribution in [0.15, 0.2) is 27.8 Å². The van der Waals surface area contributed by atoms with Gasteiger partial charge in [-0.2, -0.15) is 0 Å². The van der Waals surface area contributed by atoms with Crippen molar-refractivity contribution in [1.29, 1.82) is 0 Å². The summed E-state index contributed by atoms with van der Waals surface area (Å²) in [5, 5.41) is 0. The predicted molar refractivity (Wildman–Crippen MR) is 119 cm³/mol. The molecule has 2 N–H and O–H groups in total. The van der Waals surface area contributed by atoms with Gasteiger partial charge >= 0.3 is 11.7 Å². The Balaban J connectivity index is 2.26. The van der Waals surface area contributed by atoms with Gasteiger partial charge in [0.2, 0.25) is 5.78 Å². The van der Waals surface area contributed by atoms with E-state index in [0.29, 0.717) is 11.5 Å². The summed E-state index contributed by atoms with van der Waals surface area (Å²) < 4.78 is 17.9. The number of methoxy groups -OCH3 is 1. The number of ether oxygens (including phenoxy) is 3. The van der Waals surface area contributed by atoms with Gasteiger partial charge in [-0.3, -0.25) is 18.7 Å². The van der Waals surface area contributed by atoms with Gasteiger partial charge < -0.3 is 19.9 Å². The number of hydrogen-bond acceptors (Lipinski definition) is 8. The average molecular weight is 447 g/mol. The molecule has 1 heterocycles. The molecule has 2 aromatic rings. The SMILES string of the molecule is COc1cc(C(=O)OCC(=O)c2c(N)n(CC(C)C)c(=O)n(C)c2=O)ccc1OC(C)C. The van der Waals surface area contributed by atoms with Gasteiger partial charge in [0, 0.05) is 13.6 Å². The molecule has 0 aliphatic carbocycles. The van der Waals surface area contributed by atoms with Gasteiger partial charge in [0.25, 0.3) is 5.56 Å². The molecule has 2 rings (SSSR count). The molecular weight excluding hydrogens is 418 g/mol. The van der Waals surface area contributed by atoms with Crippen molar-refractivity contribution in [3.05, 3.63) is 50.2 Å². The lowest BCUT2D eigenvalue weighted by Crippen LogP contribution is -2.43. The van der Waals surface area contributed by atoms with Crippen LogP contribution in [-0.2, 0) is 18.3 Å². The van der Waals surface area contributed by atoms with Crippen molar-refractivity contribution < 1.29 is 23.8 Å². The minimum absolute atomic E-state index is 0.0471. The van der Waals surface area contributed by atoms with Gasteiger partial charge in [-0.25, -0.2) is 9.59 Å². The van der Waals surface area contributed by atoms with Crippen LogP contribution in [0.25, 0.3) is 0 Å². The van der Waals surface area contributed by atoms with Crippen LogP contribution in [-0.4, -0.2) is 40.7 Å². The van der Waals surface area contributed by atoms with E-state index in [2.05, 4.69) is 0 Å². The number of nitrogen functional groups attached to an aromatic ring is 1. The molecular formula is C22H29N3O7. The van der Waals surface area contributed by atoms with E-state index in [1.807, 2.05) is 27.7 Å². The second-order valence-corrected chi connectivity index (χ2v) is 7.94. The molecule has 0 amide bonds. The molecule has 0 aliphatic heterocycles. The molecule has 0 radical (unpaired) electrons. The number of hydrogen-bond donors (Lipinski definition) is 1. The monoisotopic (exact) mass is 447 g/mol. The van der Waals surface area contributed by atoms with Crippen LogP contribution < -0.4 is 26.5 Å². The molecule has 0 saturated carbocycles. The first-order valence-electron chi connectivity index (χ1n) is 10.1. The highest BCUT2D eigenvalue weighted by atomic mass is 16.5. The Bertz CT molecular complexity index is 1130. The van der Waals surface area contributed by atoms with Crippen LogP contribution in [0.1, 0.15) is 48.4 Å². The maximum absolute atomic E-state index is 12.7. The number of ketones is 1. The number of Topliss-reactive ketones (excluding diaryl/α,β-unsaturated/α-hetero) is 1. The van der Waals surface area contributed by atoms with E-state index in [0.717, 1.165) is 4.57 Å². The summed E-state index contributed by atoms with van der Waals surface area (Å²) in [5.74, 6) is -1.01. The quantitative estimate of drug-likeness (QED) is 0.453. The first-order valence-corrected chi connectivity index (χ1v) is 10.1. The molecule has 0 unspecified atom stereocenters. The molecule has 10 heteroatoms. The van der Waals surface area contributed by atoms with Crippen molar-refractivity contribution in [2.24, 2.45) is 13.0 Å². The van der Waals surface area contributed by atoms with E-state index >= 15 is 0 Å². The Morgan fingerprint density at radius 1 is 1.09 bits per heavy atom. The highest BCUT2D eigenvalue weighted by Crippen LogP contribution is 2.29. The fourth-order valence-electron chi connectivity index (χ4n) is 3.02. The first-order chi connectivity index (χ1) is 15.0. The van der Waals surface area contributed by atoms with Crippen molar-refractivity contribution in [3.63, 3.8) is 0 Å². The highest BCUT2D eigenvalue weighted by molar-refractivity contribution is 6.02. The molecule has 1 aromatic heterocycles. The third kappa shape index (κ3) is 5.37. The van der Waals surface area contributed by atoms with E-state index in [9.17, 15) is 19.2 Å². The second-order valence-electron chi connectivity index (χ2n) is 7.94. The van der Waals surface area contributed by atoms with Gasteiger partial charge in [0.1, 0.15) is 11.4 Å². The number of carbonyl (C=O) groups excluding carboxylic acids is 2. The molecule has 0 fully saturated rings. The number of nitrogens with two attached hydrogens (primary N) is 1. The summed E-state index contributed by atoms with van der Waals surface area (Å²) >= 11 is 0. The van der Waals surface area contributed by atoms with Crippen molar-refractivity contribution >= 4 is 17.6 Å². The Morgan fingerprint density at radius 2 is 1.75 bits per heavy atom. The molecule has 0 spiro atoms. The average Bonchev–Trinajstić information content (AvgIpc) is 2.73. The van der Waals surface area contributed by atoms with Gasteiger partial charge in [-0.1, -0.05) is 13.8 Å². The minimum Gasteiger partial charge on any atom is -0.493 e. The third-order valence-corrected chi connectivity index (χ3v) is 4.51. The summed E-state index contributed by atoms with van der Waals surface area (Å²) in [6.45, 7) is 6.95. The number of anilines is 1. The second kappa shape index (κ2) is 10.2. The molecule has 0 bridgehead atoms. The number of carbonyl (C=O) groups is 2. The van der Waals surface area contributed by atoms with Gasteiger partial charge in [0.15, 0.2) is 18.1 Å². The van der Waals surface area contributed by atoms with Crippen LogP contribution in [0.5, 0.6) is 11.5 Å². The largest absolute Gasteiger partial charge is 0.493 e. The van der Waals surface area contributed by atoms with E-state index in [-0.39, 0.29) is 35.5 Å². The number of benzene rings is 1. The topological polar surface area (TPSA) is 132 Å². The molecule has 0 saturated heterocycles. The summed E-state index contributed by atoms with van der Waals surface area (Å²) in [7, 11) is 2.70. The van der Waals surface area contributed by atoms with Gasteiger partial charge in [-0.15, -0.1) is 0 Å². The smallest absolute Gasteiger partial charge is 0.338 e. The molecule has 174 valence electrons. The number of esters is 1. The Labute approximate surface area is 185 Å². The summed E-state index contributed by atoms with van der Waals surface area (Å²) in [6, 6.07) is 4.47. The van der Waals surface area contributed by atoms with E-state index in [1.165, 1.54) is 30.9 Å². The molecule has 0 atom stereocenters. The zero-order chi connectivity index (χ0) is 24.2. The standard InChI is InChI=1S/C22H29N3O7/c1-12(2)10-25-19(23)18(20(27)24(5)22(25)29)15(26)11-31-21(28)14-7-8-16(32-13(3)4)17(9-14)30-6/h7-9,12-13H,10-11,23H2,1-6H3. The van der Waals surface area contributed by atoms with Crippen molar-refractivity contribution in [2.75, 3.05) is 19.5 Å². The van der Waals surface area contributed by atoms with E-state index in [4.69, 9.17) is 19.9 Å². The maximum Gasteiger partial charge on any atom is 0.338 e. The highest BCUT2D eigenvalue weighted by Gasteiger charge is 2.23. The maximum atomic E-state index is 12.7. The van der Waals surface area contributed by atoms with Crippen molar-refractivity contribution in [2.45, 2.75) is 40.3 Å². The van der Waals surface area contributed by atoms with Crippen LogP contribution in [0.4, 0.5) is 5.82 Å². The lowest BCUT2D eigenvalue weighted by Gasteiger charge is -2.16. The molecule has 32 heavy (non-hydrogen) atoms. The van der Waals surface area contributed by atoms with Gasteiger partial charge in [0.05, 0.1) is 18.8 Å². The fraction of sp³-hybridized carbons (Fsp3) is 0.455. The molecule has 10 nitrogen and oxygen atoms in total. The van der Waals surface area contributed by atoms with Crippen LogP contribution in [0.3, 0.4) is 0 Å². The van der Waals surface area contributed by atoms with E-state index in [1.54, 1.807) is 6.07 Å². The number of nitrogens with zero attached hydrogens (tertiary/aromatic N) is 2. The summed E-state index contributed by atoms with van der Waals surface area (Å²) in [5.41, 5.74) is 4.26. The van der Waals surface area contributed by atoms with Crippen molar-refractivity contribution in [1.82, 2.24) is 9.13 Å². The van der Waals surface area contributed by atoms with E-state index < -0.39 is 29.6 Å². The Morgan fingerprint density at radius 3 is 2.31 bits per heavy atom. The fourth-order valence-corrected chi connectivity index (χ4v) is 3.02. The molecule has 1 aromatic carbocycles. The van der Waals surface area contributed by atoms with Crippen molar-refractivity contribution in [3.8, 4) is 11.5 Å². The third-order valence-electron chi connectivity index (χ3n) is 4.51. The van der Waals surface area contributed by atoms with Crippen LogP contribution in [0, 0.1) is 5.92 Å². The zero-order valence-corrected chi connectivity index (χ0v) is 19.1. The van der Waals surface area contributed by atoms with Gasteiger partial charge in [-0.05, 0) is 38.0 Å². The lowest BCUT2D eigenvalue weighted by atomic mass is 10.1. The number of rotatable bonds is 9. The summed E-state index contributed by atoms with van der Waals surface area (Å²) in [6.07, 6.45) is -0.0913. The zero-order valence-electron chi connectivity index (χ0n) is 19.1. The molecule has 0 aliphatic rings. The van der Waals surface area contributed by atoms with Crippen LogP contribution in [0.2, 0.25) is 0 Å². The summed E-state index contributed by atoms with van der Waals surface area (Å²) in [4.78, 5) is 50.0.